The molecule has 5 heteroatoms. The van der Waals surface area contributed by atoms with E-state index in [1.807, 2.05) is 30.3 Å². The third kappa shape index (κ3) is 2.84. The number of fused-ring (bicyclic) bond motifs is 1. The molecule has 20 heavy (non-hydrogen) atoms. The summed E-state index contributed by atoms with van der Waals surface area (Å²) in [6.07, 6.45) is 2.07. The van der Waals surface area contributed by atoms with E-state index >= 15 is 0 Å². The first-order chi connectivity index (χ1) is 9.84. The molecule has 0 bridgehead atoms. The number of hydrogen-bond donors (Lipinski definition) is 1. The Morgan fingerprint density at radius 3 is 3.00 bits per heavy atom. The summed E-state index contributed by atoms with van der Waals surface area (Å²) < 4.78 is 7.79. The summed E-state index contributed by atoms with van der Waals surface area (Å²) in [6.45, 7) is 4.33. The zero-order chi connectivity index (χ0) is 13.8. The van der Waals surface area contributed by atoms with E-state index in [9.17, 15) is 0 Å². The molecular weight excluding hydrogens is 270 g/mol. The highest BCUT2D eigenvalue weighted by molar-refractivity contribution is 7.15. The van der Waals surface area contributed by atoms with E-state index in [1.54, 1.807) is 11.3 Å². The van der Waals surface area contributed by atoms with E-state index < -0.39 is 0 Å². The van der Waals surface area contributed by atoms with Crippen LogP contribution in [0.15, 0.2) is 41.9 Å². The predicted molar refractivity (Wildman–Crippen MR) is 81.4 cm³/mol. The number of para-hydroxylation sites is 1. The number of nitrogens with one attached hydrogen (secondary N) is 1. The minimum absolute atomic E-state index is 0.661. The quantitative estimate of drug-likeness (QED) is 0.709. The topological polar surface area (TPSA) is 38.6 Å². The van der Waals surface area contributed by atoms with Crippen molar-refractivity contribution >= 4 is 16.3 Å². The van der Waals surface area contributed by atoms with Gasteiger partial charge in [-0.25, -0.2) is 4.98 Å². The van der Waals surface area contributed by atoms with Crippen LogP contribution in [0.5, 0.6) is 5.75 Å². The zero-order valence-electron chi connectivity index (χ0n) is 11.4. The Morgan fingerprint density at radius 2 is 2.15 bits per heavy atom. The van der Waals surface area contributed by atoms with Crippen molar-refractivity contribution in [2.24, 2.45) is 0 Å². The molecule has 0 amide bonds. The van der Waals surface area contributed by atoms with Crippen LogP contribution in [0.4, 0.5) is 0 Å². The average Bonchev–Trinajstić information content (AvgIpc) is 3.02. The predicted octanol–water partition coefficient (Wildman–Crippen LogP) is 2.87. The molecular formula is C15H17N3OS. The molecule has 0 atom stereocenters. The molecule has 0 aliphatic carbocycles. The summed E-state index contributed by atoms with van der Waals surface area (Å²) in [6, 6.07) is 9.88. The van der Waals surface area contributed by atoms with Crippen LogP contribution in [0.3, 0.4) is 0 Å². The first kappa shape index (κ1) is 13.1. The van der Waals surface area contributed by atoms with Crippen molar-refractivity contribution in [3.05, 3.63) is 53.3 Å². The average molecular weight is 287 g/mol. The van der Waals surface area contributed by atoms with E-state index in [2.05, 4.69) is 33.2 Å². The van der Waals surface area contributed by atoms with Crippen LogP contribution < -0.4 is 10.1 Å². The molecule has 0 aliphatic heterocycles. The van der Waals surface area contributed by atoms with Gasteiger partial charge in [0.15, 0.2) is 4.96 Å². The fourth-order valence-corrected chi connectivity index (χ4v) is 2.90. The number of benzene rings is 1. The van der Waals surface area contributed by atoms with Gasteiger partial charge in [0.05, 0.1) is 11.4 Å². The Kier molecular flexibility index (Phi) is 3.99. The number of aryl methyl sites for hydroxylation is 1. The molecule has 0 aliphatic rings. The van der Waals surface area contributed by atoms with Crippen LogP contribution in [0.2, 0.25) is 0 Å². The van der Waals surface area contributed by atoms with Gasteiger partial charge in [-0.2, -0.15) is 0 Å². The smallest absolute Gasteiger partial charge is 0.194 e. The Balaban J connectivity index is 1.48. The van der Waals surface area contributed by atoms with Crippen molar-refractivity contribution in [3.63, 3.8) is 0 Å². The summed E-state index contributed by atoms with van der Waals surface area (Å²) in [7, 11) is 0. The number of thiazole rings is 1. The number of imidazole rings is 1. The van der Waals surface area contributed by atoms with Crippen LogP contribution in [0.1, 0.15) is 11.4 Å². The molecule has 1 N–H and O–H groups in total. The molecule has 0 radical (unpaired) electrons. The van der Waals surface area contributed by atoms with Gasteiger partial charge in [0.2, 0.25) is 0 Å². The SMILES string of the molecule is Cc1nc2sccn2c1CNCCOc1ccccc1. The maximum atomic E-state index is 5.65. The highest BCUT2D eigenvalue weighted by Crippen LogP contribution is 2.16. The van der Waals surface area contributed by atoms with Crippen LogP contribution in [0.25, 0.3) is 4.96 Å². The Bertz CT molecular complexity index is 675. The molecule has 3 rings (SSSR count). The number of nitrogens with zero attached hydrogens (tertiary/aromatic N) is 2. The molecule has 4 nitrogen and oxygen atoms in total. The first-order valence-corrected chi connectivity index (χ1v) is 7.52. The van der Waals surface area contributed by atoms with Gasteiger partial charge in [0, 0.05) is 24.7 Å². The largest absolute Gasteiger partial charge is 0.492 e. The van der Waals surface area contributed by atoms with Gasteiger partial charge in [0.25, 0.3) is 0 Å². The van der Waals surface area contributed by atoms with Crippen LogP contribution in [0, 0.1) is 6.92 Å². The third-order valence-electron chi connectivity index (χ3n) is 3.14. The molecule has 2 heterocycles. The Labute approximate surface area is 122 Å². The van der Waals surface area contributed by atoms with Gasteiger partial charge in [-0.05, 0) is 19.1 Å². The summed E-state index contributed by atoms with van der Waals surface area (Å²) in [5, 5.41) is 5.46. The lowest BCUT2D eigenvalue weighted by Crippen LogP contribution is -2.21. The molecule has 0 saturated heterocycles. The van der Waals surface area contributed by atoms with Gasteiger partial charge in [0.1, 0.15) is 12.4 Å². The van der Waals surface area contributed by atoms with Crippen molar-refractivity contribution in [2.45, 2.75) is 13.5 Å². The van der Waals surface area contributed by atoms with Crippen molar-refractivity contribution in [1.82, 2.24) is 14.7 Å². The number of hydrogen-bond acceptors (Lipinski definition) is 4. The van der Waals surface area contributed by atoms with Crippen LogP contribution in [-0.2, 0) is 6.54 Å². The summed E-state index contributed by atoms with van der Waals surface area (Å²) in [5.41, 5.74) is 2.31. The fraction of sp³-hybridized carbons (Fsp3) is 0.267. The fourth-order valence-electron chi connectivity index (χ4n) is 2.12. The molecule has 0 fully saturated rings. The van der Waals surface area contributed by atoms with E-state index in [0.29, 0.717) is 6.61 Å². The van der Waals surface area contributed by atoms with E-state index in [4.69, 9.17) is 4.74 Å². The van der Waals surface area contributed by atoms with Crippen molar-refractivity contribution in [3.8, 4) is 5.75 Å². The molecule has 104 valence electrons. The second-order valence-corrected chi connectivity index (χ2v) is 5.41. The lowest BCUT2D eigenvalue weighted by Gasteiger charge is -2.07. The molecule has 0 spiro atoms. The van der Waals surface area contributed by atoms with E-state index in [0.717, 1.165) is 29.5 Å². The number of rotatable bonds is 6. The normalized spacial score (nSPS) is 11.1. The highest BCUT2D eigenvalue weighted by Gasteiger charge is 2.08. The van der Waals surface area contributed by atoms with Crippen molar-refractivity contribution < 1.29 is 4.74 Å². The minimum atomic E-state index is 0.661. The monoisotopic (exact) mass is 287 g/mol. The minimum Gasteiger partial charge on any atom is -0.492 e. The van der Waals surface area contributed by atoms with Crippen molar-refractivity contribution in [2.75, 3.05) is 13.2 Å². The maximum absolute atomic E-state index is 5.65. The zero-order valence-corrected chi connectivity index (χ0v) is 12.2. The number of ether oxygens (including phenoxy) is 1. The maximum Gasteiger partial charge on any atom is 0.194 e. The van der Waals surface area contributed by atoms with E-state index in [-0.39, 0.29) is 0 Å². The Hall–Kier alpha value is -1.85. The summed E-state index contributed by atoms with van der Waals surface area (Å²) >= 11 is 1.66. The third-order valence-corrected chi connectivity index (χ3v) is 3.90. The molecule has 1 aromatic carbocycles. The molecule has 2 aromatic heterocycles. The molecule has 3 aromatic rings. The van der Waals surface area contributed by atoms with Crippen LogP contribution >= 0.6 is 11.3 Å². The van der Waals surface area contributed by atoms with Crippen LogP contribution in [-0.4, -0.2) is 22.5 Å². The van der Waals surface area contributed by atoms with Gasteiger partial charge in [-0.3, -0.25) is 4.40 Å². The van der Waals surface area contributed by atoms with Gasteiger partial charge in [-0.1, -0.05) is 18.2 Å². The van der Waals surface area contributed by atoms with Gasteiger partial charge < -0.3 is 10.1 Å². The second kappa shape index (κ2) is 6.07. The standard InChI is InChI=1S/C15H17N3OS/c1-12-14(18-8-10-20-15(18)17-12)11-16-7-9-19-13-5-3-2-4-6-13/h2-6,8,10,16H,7,9,11H2,1H3. The Morgan fingerprint density at radius 1 is 1.30 bits per heavy atom. The molecule has 0 unspecified atom stereocenters. The lowest BCUT2D eigenvalue weighted by molar-refractivity contribution is 0.313. The summed E-state index contributed by atoms with van der Waals surface area (Å²) in [4.78, 5) is 5.59. The number of aromatic nitrogens is 2. The second-order valence-electron chi connectivity index (χ2n) is 4.54. The highest BCUT2D eigenvalue weighted by atomic mass is 32.1. The molecule has 0 saturated carbocycles. The van der Waals surface area contributed by atoms with Gasteiger partial charge in [-0.15, -0.1) is 11.3 Å². The first-order valence-electron chi connectivity index (χ1n) is 6.64. The van der Waals surface area contributed by atoms with Gasteiger partial charge >= 0.3 is 0 Å². The van der Waals surface area contributed by atoms with E-state index in [1.165, 1.54) is 5.69 Å². The summed E-state index contributed by atoms with van der Waals surface area (Å²) in [5.74, 6) is 0.912. The lowest BCUT2D eigenvalue weighted by atomic mass is 10.3. The van der Waals surface area contributed by atoms with Crippen molar-refractivity contribution in [1.29, 1.82) is 0 Å².